The minimum Gasteiger partial charge on any atom is -0.361 e. The van der Waals surface area contributed by atoms with Gasteiger partial charge in [0.15, 0.2) is 0 Å². The van der Waals surface area contributed by atoms with Crippen molar-refractivity contribution in [1.29, 1.82) is 0 Å². The number of hydrogen-bond acceptors (Lipinski definition) is 3. The molecule has 0 fully saturated rings. The average Bonchev–Trinajstić information content (AvgIpc) is 3.19. The number of H-pyrrole nitrogens is 1. The van der Waals surface area contributed by atoms with E-state index in [2.05, 4.69) is 15.6 Å². The van der Waals surface area contributed by atoms with E-state index < -0.39 is 0 Å². The molecule has 0 unspecified atom stereocenters. The zero-order valence-electron chi connectivity index (χ0n) is 17.2. The van der Waals surface area contributed by atoms with Crippen LogP contribution >= 0.6 is 0 Å². The van der Waals surface area contributed by atoms with Crippen LogP contribution in [0.15, 0.2) is 41.3 Å². The Morgan fingerprint density at radius 1 is 1.23 bits per heavy atom. The summed E-state index contributed by atoms with van der Waals surface area (Å²) in [6, 6.07) is 9.84. The molecule has 0 aliphatic carbocycles. The summed E-state index contributed by atoms with van der Waals surface area (Å²) in [6.07, 6.45) is 4.16. The first-order valence-electron chi connectivity index (χ1n) is 10.3. The molecule has 3 aromatic rings. The second kappa shape index (κ2) is 8.18. The minimum absolute atomic E-state index is 0.0847. The van der Waals surface area contributed by atoms with Crippen molar-refractivity contribution in [3.8, 4) is 0 Å². The first kappa shape index (κ1) is 19.9. The summed E-state index contributed by atoms with van der Waals surface area (Å²) in [7, 11) is 0. The zero-order chi connectivity index (χ0) is 21.3. The number of rotatable bonds is 6. The highest BCUT2D eigenvalue weighted by Crippen LogP contribution is 2.26. The summed E-state index contributed by atoms with van der Waals surface area (Å²) in [6.45, 7) is 4.16. The van der Waals surface area contributed by atoms with E-state index in [1.165, 1.54) is 4.57 Å². The molecule has 2 amide bonds. The number of carbonyl (C=O) groups excluding carboxylic acids is 2. The van der Waals surface area contributed by atoms with E-state index in [1.54, 1.807) is 0 Å². The van der Waals surface area contributed by atoms with Crippen LogP contribution in [0.2, 0.25) is 0 Å². The molecule has 0 spiro atoms. The van der Waals surface area contributed by atoms with Gasteiger partial charge in [-0.05, 0) is 60.5 Å². The molecule has 7 heteroatoms. The van der Waals surface area contributed by atoms with Gasteiger partial charge in [0.25, 0.3) is 5.56 Å². The highest BCUT2D eigenvalue weighted by atomic mass is 16.2. The number of anilines is 1. The Morgan fingerprint density at radius 2 is 2.07 bits per heavy atom. The van der Waals surface area contributed by atoms with Gasteiger partial charge in [0.05, 0.1) is 0 Å². The lowest BCUT2D eigenvalue weighted by molar-refractivity contribution is -0.122. The van der Waals surface area contributed by atoms with Crippen LogP contribution in [0.4, 0.5) is 5.69 Å². The molecule has 30 heavy (non-hydrogen) atoms. The van der Waals surface area contributed by atoms with Gasteiger partial charge in [-0.1, -0.05) is 19.4 Å². The largest absolute Gasteiger partial charge is 0.361 e. The Morgan fingerprint density at radius 3 is 2.87 bits per heavy atom. The van der Waals surface area contributed by atoms with E-state index in [4.69, 9.17) is 0 Å². The number of nitrogens with zero attached hydrogens (tertiary/aromatic N) is 1. The van der Waals surface area contributed by atoms with Crippen LogP contribution in [0.25, 0.3) is 10.9 Å². The number of benzene rings is 1. The van der Waals surface area contributed by atoms with E-state index >= 15 is 0 Å². The number of carbonyl (C=O) groups is 2. The smallest absolute Gasteiger partial charge is 0.275 e. The lowest BCUT2D eigenvalue weighted by Crippen LogP contribution is -2.39. The van der Waals surface area contributed by atoms with Gasteiger partial charge in [-0.2, -0.15) is 0 Å². The third-order valence-corrected chi connectivity index (χ3v) is 5.72. The molecular formula is C23H26N4O3. The van der Waals surface area contributed by atoms with Crippen LogP contribution in [0, 0.1) is 12.8 Å². The predicted octanol–water partition coefficient (Wildman–Crippen LogP) is 2.87. The van der Waals surface area contributed by atoms with Gasteiger partial charge in [-0.3, -0.25) is 14.4 Å². The number of pyridine rings is 1. The molecule has 3 N–H and O–H groups in total. The maximum atomic E-state index is 12.9. The lowest BCUT2D eigenvalue weighted by atomic mass is 9.90. The first-order chi connectivity index (χ1) is 14.5. The van der Waals surface area contributed by atoms with Crippen LogP contribution in [-0.4, -0.2) is 21.4 Å². The molecule has 3 heterocycles. The van der Waals surface area contributed by atoms with E-state index in [-0.39, 0.29) is 29.8 Å². The molecular weight excluding hydrogens is 380 g/mol. The van der Waals surface area contributed by atoms with Gasteiger partial charge in [0, 0.05) is 29.9 Å². The van der Waals surface area contributed by atoms with Crippen LogP contribution in [0.3, 0.4) is 0 Å². The Hall–Kier alpha value is -3.35. The monoisotopic (exact) mass is 406 g/mol. The fraction of sp³-hybridized carbons (Fsp3) is 0.348. The van der Waals surface area contributed by atoms with Gasteiger partial charge < -0.3 is 20.2 Å². The van der Waals surface area contributed by atoms with Crippen molar-refractivity contribution in [2.24, 2.45) is 5.92 Å². The summed E-state index contributed by atoms with van der Waals surface area (Å²) < 4.78 is 1.42. The molecule has 156 valence electrons. The maximum Gasteiger partial charge on any atom is 0.275 e. The van der Waals surface area contributed by atoms with E-state index in [1.807, 2.05) is 50.4 Å². The fourth-order valence-corrected chi connectivity index (χ4v) is 4.10. The normalized spacial score (nSPS) is 15.7. The number of aromatic nitrogens is 2. The van der Waals surface area contributed by atoms with Crippen molar-refractivity contribution < 1.29 is 9.59 Å². The van der Waals surface area contributed by atoms with Crippen molar-refractivity contribution in [3.05, 3.63) is 63.7 Å². The van der Waals surface area contributed by atoms with Gasteiger partial charge in [0.2, 0.25) is 11.8 Å². The minimum atomic E-state index is -0.322. The molecule has 2 aromatic heterocycles. The SMILES string of the molecule is CCC[C@@H]1Cc2cc(C)n(CC(=O)NCc3ccc4[nH]ccc4c3)c(=O)c2NC1=O. The highest BCUT2D eigenvalue weighted by Gasteiger charge is 2.28. The summed E-state index contributed by atoms with van der Waals surface area (Å²) in [5, 5.41) is 6.73. The number of nitrogens with one attached hydrogen (secondary N) is 3. The molecule has 0 bridgehead atoms. The first-order valence-corrected chi connectivity index (χ1v) is 10.3. The average molecular weight is 406 g/mol. The zero-order valence-corrected chi connectivity index (χ0v) is 17.2. The third kappa shape index (κ3) is 3.87. The van der Waals surface area contributed by atoms with Crippen LogP contribution in [0.1, 0.15) is 36.6 Å². The Kier molecular flexibility index (Phi) is 5.44. The van der Waals surface area contributed by atoms with E-state index in [9.17, 15) is 14.4 Å². The molecule has 4 rings (SSSR count). The quantitative estimate of drug-likeness (QED) is 0.587. The number of hydrogen-bond donors (Lipinski definition) is 3. The molecule has 1 aliphatic heterocycles. The van der Waals surface area contributed by atoms with Crippen LogP contribution < -0.4 is 16.2 Å². The number of fused-ring (bicyclic) bond motifs is 2. The predicted molar refractivity (Wildman–Crippen MR) is 116 cm³/mol. The van der Waals surface area contributed by atoms with E-state index in [0.717, 1.165) is 34.9 Å². The highest BCUT2D eigenvalue weighted by molar-refractivity contribution is 5.95. The molecule has 0 radical (unpaired) electrons. The number of amides is 2. The molecule has 0 saturated carbocycles. The fourth-order valence-electron chi connectivity index (χ4n) is 4.10. The second-order valence-corrected chi connectivity index (χ2v) is 7.93. The summed E-state index contributed by atoms with van der Waals surface area (Å²) in [4.78, 5) is 40.9. The summed E-state index contributed by atoms with van der Waals surface area (Å²) in [5.41, 5.74) is 3.59. The summed E-state index contributed by atoms with van der Waals surface area (Å²) in [5.74, 6) is -0.459. The van der Waals surface area contributed by atoms with Gasteiger partial charge >= 0.3 is 0 Å². The molecule has 0 saturated heterocycles. The van der Waals surface area contributed by atoms with E-state index in [0.29, 0.717) is 24.3 Å². The van der Waals surface area contributed by atoms with Crippen LogP contribution in [-0.2, 0) is 29.1 Å². The Labute approximate surface area is 174 Å². The van der Waals surface area contributed by atoms with Crippen molar-refractivity contribution in [2.45, 2.75) is 46.2 Å². The maximum absolute atomic E-state index is 12.9. The van der Waals surface area contributed by atoms with Crippen molar-refractivity contribution >= 4 is 28.4 Å². The van der Waals surface area contributed by atoms with Gasteiger partial charge in [0.1, 0.15) is 12.2 Å². The Balaban J connectivity index is 1.47. The second-order valence-electron chi connectivity index (χ2n) is 7.93. The number of aryl methyl sites for hydroxylation is 1. The van der Waals surface area contributed by atoms with Crippen LogP contribution in [0.5, 0.6) is 0 Å². The van der Waals surface area contributed by atoms with Crippen molar-refractivity contribution in [2.75, 3.05) is 5.32 Å². The topological polar surface area (TPSA) is 96.0 Å². The molecule has 1 aliphatic rings. The van der Waals surface area contributed by atoms with Gasteiger partial charge in [-0.25, -0.2) is 0 Å². The molecule has 1 aromatic carbocycles. The van der Waals surface area contributed by atoms with Crippen molar-refractivity contribution in [1.82, 2.24) is 14.9 Å². The third-order valence-electron chi connectivity index (χ3n) is 5.72. The summed E-state index contributed by atoms with van der Waals surface area (Å²) >= 11 is 0. The standard InChI is InChI=1S/C23H26N4O3/c1-3-4-17-11-18-9-14(2)27(23(30)21(18)26-22(17)29)13-20(28)25-12-15-5-6-19-16(10-15)7-8-24-19/h5-10,17,24H,3-4,11-13H2,1-2H3,(H,25,28)(H,26,29)/t17-/m1/s1. The van der Waals surface area contributed by atoms with Crippen molar-refractivity contribution in [3.63, 3.8) is 0 Å². The van der Waals surface area contributed by atoms with Gasteiger partial charge in [-0.15, -0.1) is 0 Å². The number of aromatic amines is 1. The lowest BCUT2D eigenvalue weighted by Gasteiger charge is -2.25. The Bertz CT molecular complexity index is 1170. The molecule has 1 atom stereocenters. The molecule has 7 nitrogen and oxygen atoms in total.